The molecule has 0 fully saturated rings. The first kappa shape index (κ1) is 19.9. The van der Waals surface area contributed by atoms with E-state index in [4.69, 9.17) is 4.74 Å². The van der Waals surface area contributed by atoms with Crippen LogP contribution in [0.2, 0.25) is 0 Å². The van der Waals surface area contributed by atoms with Crippen LogP contribution < -0.4 is 9.64 Å². The lowest BCUT2D eigenvalue weighted by molar-refractivity contribution is -0.138. The fourth-order valence-corrected chi connectivity index (χ4v) is 3.37. The van der Waals surface area contributed by atoms with Crippen LogP contribution >= 0.6 is 0 Å². The van der Waals surface area contributed by atoms with Gasteiger partial charge in [-0.15, -0.1) is 0 Å². The number of rotatable bonds is 3. The molecular weight excluding hydrogens is 352 g/mol. The molecule has 0 N–H and O–H groups in total. The Balaban J connectivity index is 1.72. The third-order valence-electron chi connectivity index (χ3n) is 5.05. The van der Waals surface area contributed by atoms with Crippen molar-refractivity contribution in [3.63, 3.8) is 0 Å². The summed E-state index contributed by atoms with van der Waals surface area (Å²) in [6.45, 7) is 8.75. The van der Waals surface area contributed by atoms with E-state index in [9.17, 15) is 9.59 Å². The maximum Gasteiger partial charge on any atom is 0.265 e. The van der Waals surface area contributed by atoms with Gasteiger partial charge in [0.2, 0.25) is 5.91 Å². The summed E-state index contributed by atoms with van der Waals surface area (Å²) in [4.78, 5) is 28.3. The number of ether oxygens (including phenoxy) is 1. The van der Waals surface area contributed by atoms with Crippen LogP contribution in [0.4, 0.5) is 5.69 Å². The van der Waals surface area contributed by atoms with E-state index in [1.807, 2.05) is 18.2 Å². The molecule has 0 saturated carbocycles. The molecule has 1 unspecified atom stereocenters. The molecule has 1 heterocycles. The monoisotopic (exact) mass is 380 g/mol. The highest BCUT2D eigenvalue weighted by Gasteiger charge is 2.34. The normalized spacial score (nSPS) is 16.2. The molecule has 2 aromatic rings. The van der Waals surface area contributed by atoms with Gasteiger partial charge in [0.15, 0.2) is 6.10 Å². The van der Waals surface area contributed by atoms with E-state index >= 15 is 0 Å². The molecular formula is C23H28N2O3. The summed E-state index contributed by atoms with van der Waals surface area (Å²) in [5, 5.41) is 0. The molecule has 0 radical (unpaired) electrons. The predicted molar refractivity (Wildman–Crippen MR) is 111 cm³/mol. The van der Waals surface area contributed by atoms with Crippen LogP contribution in [-0.2, 0) is 21.5 Å². The maximum atomic E-state index is 13.0. The quantitative estimate of drug-likeness (QED) is 0.815. The Morgan fingerprint density at radius 3 is 2.36 bits per heavy atom. The predicted octanol–water partition coefficient (Wildman–Crippen LogP) is 3.76. The summed E-state index contributed by atoms with van der Waals surface area (Å²) in [5.74, 6) is 0.319. The number of likely N-dealkylation sites (N-methyl/N-ethyl adjacent to an activating group) is 1. The van der Waals surface area contributed by atoms with Gasteiger partial charge >= 0.3 is 0 Å². The van der Waals surface area contributed by atoms with Gasteiger partial charge in [0.05, 0.1) is 12.2 Å². The van der Waals surface area contributed by atoms with Crippen molar-refractivity contribution in [3.05, 3.63) is 59.7 Å². The molecule has 0 saturated heterocycles. The summed E-state index contributed by atoms with van der Waals surface area (Å²) in [6.07, 6.45) is -0.711. The van der Waals surface area contributed by atoms with E-state index < -0.39 is 6.10 Å². The number of hydrogen-bond donors (Lipinski definition) is 0. The summed E-state index contributed by atoms with van der Waals surface area (Å²) < 4.78 is 5.91. The molecule has 3 rings (SSSR count). The van der Waals surface area contributed by atoms with Crippen LogP contribution in [0.1, 0.15) is 38.8 Å². The third-order valence-corrected chi connectivity index (χ3v) is 5.05. The number of hydrogen-bond acceptors (Lipinski definition) is 3. The van der Waals surface area contributed by atoms with Crippen molar-refractivity contribution in [2.75, 3.05) is 18.5 Å². The molecule has 1 aliphatic rings. The first-order valence-electron chi connectivity index (χ1n) is 9.55. The SMILES string of the molecule is CC(=O)N1CC(C(=O)N(C)Cc2ccc(C(C)(C)C)cc2)Oc2ccccc21. The first-order valence-corrected chi connectivity index (χ1v) is 9.55. The average molecular weight is 380 g/mol. The molecule has 1 atom stereocenters. The second-order valence-electron chi connectivity index (χ2n) is 8.35. The van der Waals surface area contributed by atoms with Gasteiger partial charge < -0.3 is 14.5 Å². The summed E-state index contributed by atoms with van der Waals surface area (Å²) in [7, 11) is 1.77. The first-order chi connectivity index (χ1) is 13.2. The lowest BCUT2D eigenvalue weighted by Gasteiger charge is -2.35. The average Bonchev–Trinajstić information content (AvgIpc) is 2.66. The third kappa shape index (κ3) is 4.19. The van der Waals surface area contributed by atoms with Crippen molar-refractivity contribution in [3.8, 4) is 5.75 Å². The number of benzene rings is 2. The second kappa shape index (κ2) is 7.66. The molecule has 0 spiro atoms. The number of carbonyl (C=O) groups is 2. The van der Waals surface area contributed by atoms with Crippen molar-refractivity contribution >= 4 is 17.5 Å². The number of anilines is 1. The zero-order valence-electron chi connectivity index (χ0n) is 17.2. The minimum absolute atomic E-state index is 0.0970. The van der Waals surface area contributed by atoms with E-state index in [2.05, 4.69) is 45.0 Å². The minimum Gasteiger partial charge on any atom is -0.476 e. The van der Waals surface area contributed by atoms with Crippen LogP contribution in [0, 0.1) is 0 Å². The van der Waals surface area contributed by atoms with Gasteiger partial charge in [-0.1, -0.05) is 57.2 Å². The van der Waals surface area contributed by atoms with E-state index in [0.717, 1.165) is 5.56 Å². The van der Waals surface area contributed by atoms with Gasteiger partial charge in [-0.2, -0.15) is 0 Å². The molecule has 148 valence electrons. The van der Waals surface area contributed by atoms with Gasteiger partial charge in [-0.25, -0.2) is 0 Å². The molecule has 0 aliphatic carbocycles. The second-order valence-corrected chi connectivity index (χ2v) is 8.35. The Bertz CT molecular complexity index is 868. The van der Waals surface area contributed by atoms with Gasteiger partial charge in [-0.3, -0.25) is 9.59 Å². The summed E-state index contributed by atoms with van der Waals surface area (Å²) >= 11 is 0. The molecule has 5 heteroatoms. The Labute approximate surface area is 166 Å². The van der Waals surface area contributed by atoms with E-state index in [0.29, 0.717) is 18.0 Å². The topological polar surface area (TPSA) is 49.9 Å². The van der Waals surface area contributed by atoms with Crippen LogP contribution in [0.5, 0.6) is 5.75 Å². The molecule has 1 aliphatic heterocycles. The van der Waals surface area contributed by atoms with Crippen LogP contribution in [0.25, 0.3) is 0 Å². The van der Waals surface area contributed by atoms with Gasteiger partial charge in [-0.05, 0) is 28.7 Å². The maximum absolute atomic E-state index is 13.0. The molecule has 0 bridgehead atoms. The Kier molecular flexibility index (Phi) is 5.45. The Hall–Kier alpha value is -2.82. The van der Waals surface area contributed by atoms with Gasteiger partial charge in [0, 0.05) is 20.5 Å². The van der Waals surface area contributed by atoms with Crippen molar-refractivity contribution in [1.29, 1.82) is 0 Å². The smallest absolute Gasteiger partial charge is 0.265 e. The van der Waals surface area contributed by atoms with Crippen molar-refractivity contribution in [1.82, 2.24) is 4.90 Å². The van der Waals surface area contributed by atoms with Gasteiger partial charge in [0.1, 0.15) is 5.75 Å². The fourth-order valence-electron chi connectivity index (χ4n) is 3.37. The Morgan fingerprint density at radius 2 is 1.75 bits per heavy atom. The largest absolute Gasteiger partial charge is 0.476 e. The molecule has 28 heavy (non-hydrogen) atoms. The standard InChI is InChI=1S/C23H28N2O3/c1-16(26)25-15-21(28-20-9-7-6-8-19(20)25)22(27)24(5)14-17-10-12-18(13-11-17)23(2,3)4/h6-13,21H,14-15H2,1-5H3. The summed E-state index contributed by atoms with van der Waals surface area (Å²) in [6, 6.07) is 15.6. The highest BCUT2D eigenvalue weighted by atomic mass is 16.5. The lowest BCUT2D eigenvalue weighted by Crippen LogP contribution is -2.50. The zero-order valence-corrected chi connectivity index (χ0v) is 17.2. The minimum atomic E-state index is -0.711. The van der Waals surface area contributed by atoms with Crippen LogP contribution in [0.3, 0.4) is 0 Å². The lowest BCUT2D eigenvalue weighted by atomic mass is 9.87. The van der Waals surface area contributed by atoms with E-state index in [-0.39, 0.29) is 23.8 Å². The number of carbonyl (C=O) groups excluding carboxylic acids is 2. The fraction of sp³-hybridized carbons (Fsp3) is 0.391. The van der Waals surface area contributed by atoms with Crippen LogP contribution in [0.15, 0.2) is 48.5 Å². The number of fused-ring (bicyclic) bond motifs is 1. The number of para-hydroxylation sites is 2. The Morgan fingerprint density at radius 1 is 1.11 bits per heavy atom. The van der Waals surface area contributed by atoms with Crippen molar-refractivity contribution in [2.45, 2.75) is 45.8 Å². The van der Waals surface area contributed by atoms with Gasteiger partial charge in [0.25, 0.3) is 5.91 Å². The molecule has 5 nitrogen and oxygen atoms in total. The van der Waals surface area contributed by atoms with Crippen molar-refractivity contribution < 1.29 is 14.3 Å². The van der Waals surface area contributed by atoms with E-state index in [1.54, 1.807) is 22.9 Å². The molecule has 2 amide bonds. The molecule has 2 aromatic carbocycles. The van der Waals surface area contributed by atoms with Crippen molar-refractivity contribution in [2.24, 2.45) is 0 Å². The zero-order chi connectivity index (χ0) is 20.5. The highest BCUT2D eigenvalue weighted by molar-refractivity contribution is 5.95. The summed E-state index contributed by atoms with van der Waals surface area (Å²) in [5.41, 5.74) is 3.12. The highest BCUT2D eigenvalue weighted by Crippen LogP contribution is 2.33. The number of nitrogens with zero attached hydrogens (tertiary/aromatic N) is 2. The van der Waals surface area contributed by atoms with Crippen LogP contribution in [-0.4, -0.2) is 36.4 Å². The number of amides is 2. The van der Waals surface area contributed by atoms with E-state index in [1.165, 1.54) is 12.5 Å². The molecule has 0 aromatic heterocycles.